The van der Waals surface area contributed by atoms with Crippen molar-refractivity contribution in [1.82, 2.24) is 0 Å². The summed E-state index contributed by atoms with van der Waals surface area (Å²) in [5.74, 6) is 0. The van der Waals surface area contributed by atoms with E-state index >= 15 is 0 Å². The van der Waals surface area contributed by atoms with Crippen molar-refractivity contribution in [3.63, 3.8) is 0 Å². The Kier molecular flexibility index (Phi) is 25.6. The normalized spacial score (nSPS) is 12.7. The predicted octanol–water partition coefficient (Wildman–Crippen LogP) is 13.5. The van der Waals surface area contributed by atoms with Gasteiger partial charge in [-0.15, -0.1) is 24.0 Å². The van der Waals surface area contributed by atoms with Gasteiger partial charge in [0.05, 0.1) is 0 Å². The number of hydrogen-bond donors (Lipinski definition) is 0. The molecule has 0 spiro atoms. The van der Waals surface area contributed by atoms with Crippen LogP contribution in [0.3, 0.4) is 0 Å². The summed E-state index contributed by atoms with van der Waals surface area (Å²) in [4.78, 5) is 0. The van der Waals surface area contributed by atoms with Gasteiger partial charge in [0.25, 0.3) is 0 Å². The molecule has 0 N–H and O–H groups in total. The first-order chi connectivity index (χ1) is 38.1. The molecule has 12 rings (SSSR count). The maximum absolute atomic E-state index is 3.55. The van der Waals surface area contributed by atoms with Gasteiger partial charge in [0.1, 0.15) is 0 Å². The fourth-order valence-corrected chi connectivity index (χ4v) is 12.3. The number of fused-ring (bicyclic) bond motifs is 6. The molecule has 0 radical (unpaired) electrons. The minimum absolute atomic E-state index is 0. The quantitative estimate of drug-likeness (QED) is 0.122. The van der Waals surface area contributed by atoms with E-state index in [1.54, 1.807) is 0 Å². The molecule has 4 aliphatic rings. The van der Waals surface area contributed by atoms with Crippen molar-refractivity contribution in [1.29, 1.82) is 0 Å². The van der Waals surface area contributed by atoms with Gasteiger partial charge in [-0.1, -0.05) is 141 Å². The van der Waals surface area contributed by atoms with Crippen LogP contribution in [0.5, 0.6) is 0 Å². The molecule has 0 aliphatic heterocycles. The maximum atomic E-state index is 3.55. The molecule has 0 bridgehead atoms. The second-order valence-corrected chi connectivity index (χ2v) is 28.4. The molecule has 0 heterocycles. The fourth-order valence-electron chi connectivity index (χ4n) is 9.94. The van der Waals surface area contributed by atoms with E-state index in [2.05, 4.69) is 302 Å². The zero-order valence-corrected chi connectivity index (χ0v) is 59.1. The van der Waals surface area contributed by atoms with E-state index in [1.165, 1.54) is 95.5 Å². The standard InChI is InChI=1S/2C21H25.2C13H10.2C5H5.2ClH.2Hf/c2*1-20(2,3)15-11-10-14-12-18-16(17(14)13-15)8-7-9-19(18)21(4,5)6;2*1-3-7-12(8-4-1)11-13-9-5-2-6-10-13;2*1-2-4-5-3-1;;;;/h2*7-9,11,13H,12H2,1-6H3;2*1-10H;2*1-3H,4H2;2*1H;;/q2*-1;;;2*-1;;;2*+2/p-2. The van der Waals surface area contributed by atoms with Crippen molar-refractivity contribution in [3.05, 3.63) is 309 Å². The van der Waals surface area contributed by atoms with Crippen LogP contribution in [0, 0.1) is 24.3 Å². The summed E-state index contributed by atoms with van der Waals surface area (Å²) in [6, 6.07) is 72.1. The third-order valence-corrected chi connectivity index (χ3v) is 18.6. The molecule has 416 valence electrons. The van der Waals surface area contributed by atoms with Gasteiger partial charge in [-0.05, 0) is 45.9 Å². The molecular formula is C78H80Cl2Hf2-2. The van der Waals surface area contributed by atoms with Crippen molar-refractivity contribution in [2.24, 2.45) is 0 Å². The number of allylic oxidation sites excluding steroid dienone is 8. The molecule has 8 aromatic rings. The molecule has 0 amide bonds. The Bertz CT molecular complexity index is 3130. The Morgan fingerprint density at radius 3 is 0.902 bits per heavy atom. The van der Waals surface area contributed by atoms with Gasteiger partial charge in [0.2, 0.25) is 0 Å². The van der Waals surface area contributed by atoms with Gasteiger partial charge in [-0.25, -0.2) is 24.3 Å². The first-order valence-corrected chi connectivity index (χ1v) is 31.9. The molecule has 0 saturated carbocycles. The summed E-state index contributed by atoms with van der Waals surface area (Å²) in [6.07, 6.45) is 22.1. The molecule has 82 heavy (non-hydrogen) atoms. The molecular weight excluding hydrogens is 1360 g/mol. The van der Waals surface area contributed by atoms with Gasteiger partial charge in [-0.3, -0.25) is 12.2 Å². The molecule has 4 heteroatoms. The Hall–Kier alpha value is -5.22. The summed E-state index contributed by atoms with van der Waals surface area (Å²) in [5, 5.41) is 0. The molecule has 0 unspecified atom stereocenters. The summed E-state index contributed by atoms with van der Waals surface area (Å²) in [6.45, 7) is 27.4. The number of hydrogen-bond acceptors (Lipinski definition) is 0. The van der Waals surface area contributed by atoms with Crippen molar-refractivity contribution in [2.75, 3.05) is 0 Å². The first-order valence-electron chi connectivity index (χ1n) is 28.3. The summed E-state index contributed by atoms with van der Waals surface area (Å²) < 4.78 is 2.93. The Balaban J connectivity index is 0.000000190. The SMILES string of the molecule is CC(C)(C)c1c[c-]c2c(c1)-c1cccc(C(C)(C)C)c1C2.CC(C)(C)c1c[c-]c2c(c1)-c1cccc(C(C)(C)C)c1C2.[C-]1=CC=CC1.[C-]1=CC=CC1.[Cl-].[Cl-].[Hf+2]=[C](c1ccccc1)c1ccccc1.[Hf+2]=[C](c1ccccc1)c1ccccc1. The third-order valence-electron chi connectivity index (χ3n) is 14.5. The van der Waals surface area contributed by atoms with E-state index in [0.717, 1.165) is 73.5 Å². The number of benzene rings is 8. The second-order valence-electron chi connectivity index (χ2n) is 24.8. The fraction of sp³-hybridized carbons (Fsp3) is 0.256. The van der Waals surface area contributed by atoms with Gasteiger partial charge in [-0.2, -0.15) is 70.8 Å². The van der Waals surface area contributed by atoms with Crippen LogP contribution in [0.25, 0.3) is 22.3 Å². The minimum atomic E-state index is 0. The Morgan fingerprint density at radius 2 is 0.671 bits per heavy atom. The Morgan fingerprint density at radius 1 is 0.366 bits per heavy atom. The van der Waals surface area contributed by atoms with E-state index in [9.17, 15) is 0 Å². The van der Waals surface area contributed by atoms with Crippen LogP contribution >= 0.6 is 0 Å². The van der Waals surface area contributed by atoms with E-state index in [1.807, 2.05) is 24.3 Å². The topological polar surface area (TPSA) is 0 Å². The monoisotopic (exact) mass is 1450 g/mol. The van der Waals surface area contributed by atoms with E-state index in [-0.39, 0.29) is 46.5 Å². The van der Waals surface area contributed by atoms with Crippen molar-refractivity contribution < 1.29 is 72.6 Å². The average Bonchev–Trinajstić information content (AvgIpc) is 4.53. The molecule has 4 aliphatic carbocycles. The van der Waals surface area contributed by atoms with Crippen molar-refractivity contribution in [2.45, 2.75) is 130 Å². The van der Waals surface area contributed by atoms with Gasteiger partial charge in [0.15, 0.2) is 0 Å². The van der Waals surface area contributed by atoms with Gasteiger partial charge < -0.3 is 24.8 Å². The number of halogens is 2. The van der Waals surface area contributed by atoms with Crippen LogP contribution < -0.4 is 24.8 Å². The zero-order valence-electron chi connectivity index (χ0n) is 50.4. The first kappa shape index (κ1) is 67.6. The molecule has 0 aromatic heterocycles. The second kappa shape index (κ2) is 31.1. The number of rotatable bonds is 4. The third kappa shape index (κ3) is 18.9. The molecule has 0 saturated heterocycles. The van der Waals surface area contributed by atoms with E-state index < -0.39 is 0 Å². The summed E-state index contributed by atoms with van der Waals surface area (Å²) >= 11 is 2.16. The molecule has 0 atom stereocenters. The van der Waals surface area contributed by atoms with Crippen LogP contribution in [0.4, 0.5) is 0 Å². The summed E-state index contributed by atoms with van der Waals surface area (Å²) in [5.41, 5.74) is 23.2. The van der Waals surface area contributed by atoms with E-state index in [0.29, 0.717) is 0 Å². The Labute approximate surface area is 536 Å². The van der Waals surface area contributed by atoms with Crippen LogP contribution in [0.1, 0.15) is 163 Å². The van der Waals surface area contributed by atoms with Gasteiger partial charge >= 0.3 is 198 Å². The van der Waals surface area contributed by atoms with Crippen LogP contribution in [0.2, 0.25) is 0 Å². The predicted molar refractivity (Wildman–Crippen MR) is 337 cm³/mol. The summed E-state index contributed by atoms with van der Waals surface area (Å²) in [7, 11) is 0. The van der Waals surface area contributed by atoms with Crippen LogP contribution in [0.15, 0.2) is 218 Å². The molecule has 0 nitrogen and oxygen atoms in total. The van der Waals surface area contributed by atoms with Crippen LogP contribution in [-0.4, -0.2) is 6.51 Å². The molecule has 8 aromatic carbocycles. The van der Waals surface area contributed by atoms with Crippen molar-refractivity contribution >= 4 is 6.51 Å². The van der Waals surface area contributed by atoms with Crippen molar-refractivity contribution in [3.8, 4) is 22.3 Å². The van der Waals surface area contributed by atoms with Gasteiger partial charge in [0, 0.05) is 0 Å². The average molecular weight is 1450 g/mol. The van der Waals surface area contributed by atoms with Crippen LogP contribution in [-0.2, 0) is 82.3 Å². The zero-order chi connectivity index (χ0) is 57.5. The molecule has 0 fully saturated rings. The van der Waals surface area contributed by atoms with E-state index in [4.69, 9.17) is 0 Å².